The summed E-state index contributed by atoms with van der Waals surface area (Å²) in [6, 6.07) is 9.52. The van der Waals surface area contributed by atoms with Gasteiger partial charge in [-0.2, -0.15) is 26.3 Å². The third kappa shape index (κ3) is 3.22. The lowest BCUT2D eigenvalue weighted by Crippen LogP contribution is -2.56. The zero-order chi connectivity index (χ0) is 27.8. The number of pyridine rings is 2. The van der Waals surface area contributed by atoms with Crippen molar-refractivity contribution in [2.24, 2.45) is 9.98 Å². The fourth-order valence-corrected chi connectivity index (χ4v) is 7.94. The molecule has 39 heavy (non-hydrogen) atoms. The topological polar surface area (TPSA) is 69.0 Å². The molecule has 4 heterocycles. The molecule has 2 aromatic rings. The second-order valence-corrected chi connectivity index (χ2v) is 11.1. The largest absolute Gasteiger partial charge is 0.380 e. The molecular formula is C25H18F6N4O2S2. The molecule has 0 N–H and O–H groups in total. The highest BCUT2D eigenvalue weighted by Crippen LogP contribution is 2.73. The first-order chi connectivity index (χ1) is 18.5. The Hall–Kier alpha value is -2.68. The van der Waals surface area contributed by atoms with Crippen LogP contribution in [0.4, 0.5) is 26.3 Å². The molecule has 6 rings (SSSR count). The van der Waals surface area contributed by atoms with Crippen molar-refractivity contribution in [1.82, 2.24) is 9.97 Å². The minimum Gasteiger partial charge on any atom is -0.354 e. The Balaban J connectivity index is 1.73. The third-order valence-electron chi connectivity index (χ3n) is 6.57. The molecule has 4 aliphatic rings. The summed E-state index contributed by atoms with van der Waals surface area (Å²) in [5.74, 6) is -16.4. The van der Waals surface area contributed by atoms with Crippen LogP contribution in [0.3, 0.4) is 0 Å². The molecule has 1 fully saturated rings. The van der Waals surface area contributed by atoms with E-state index >= 15 is 17.6 Å². The quantitative estimate of drug-likeness (QED) is 0.384. The van der Waals surface area contributed by atoms with Crippen molar-refractivity contribution in [3.63, 3.8) is 0 Å². The molecule has 0 unspecified atom stereocenters. The Labute approximate surface area is 226 Å². The number of ether oxygens (including phenoxy) is 2. The van der Waals surface area contributed by atoms with Gasteiger partial charge in [0.1, 0.15) is 10.1 Å². The Morgan fingerprint density at radius 3 is 1.41 bits per heavy atom. The van der Waals surface area contributed by atoms with Gasteiger partial charge < -0.3 is 9.47 Å². The Kier molecular flexibility index (Phi) is 5.89. The molecule has 0 amide bonds. The van der Waals surface area contributed by atoms with Crippen molar-refractivity contribution >= 4 is 33.6 Å². The van der Waals surface area contributed by atoms with E-state index in [2.05, 4.69) is 20.0 Å². The predicted molar refractivity (Wildman–Crippen MR) is 134 cm³/mol. The molecule has 0 aromatic carbocycles. The first-order valence-corrected chi connectivity index (χ1v) is 13.4. The zero-order valence-electron chi connectivity index (χ0n) is 20.2. The van der Waals surface area contributed by atoms with Gasteiger partial charge in [-0.15, -0.1) is 0 Å². The molecule has 0 saturated heterocycles. The fraction of sp³-hybridized carbons (Fsp3) is 0.360. The van der Waals surface area contributed by atoms with Gasteiger partial charge in [0.05, 0.1) is 33.9 Å². The summed E-state index contributed by atoms with van der Waals surface area (Å²) in [6.45, 7) is 2.88. The van der Waals surface area contributed by atoms with Gasteiger partial charge in [-0.1, -0.05) is 35.7 Å². The second-order valence-electron chi connectivity index (χ2n) is 8.74. The van der Waals surface area contributed by atoms with Gasteiger partial charge in [0, 0.05) is 25.6 Å². The van der Waals surface area contributed by atoms with E-state index < -0.39 is 50.2 Å². The molecular weight excluding hydrogens is 566 g/mol. The molecule has 2 aromatic heterocycles. The van der Waals surface area contributed by atoms with Crippen LogP contribution in [-0.2, 0) is 9.47 Å². The number of rotatable bonds is 6. The van der Waals surface area contributed by atoms with E-state index in [4.69, 9.17) is 9.47 Å². The summed E-state index contributed by atoms with van der Waals surface area (Å²) >= 11 is 1.59. The van der Waals surface area contributed by atoms with E-state index in [9.17, 15) is 8.78 Å². The highest BCUT2D eigenvalue weighted by Gasteiger charge is 2.86. The molecule has 14 heteroatoms. The highest BCUT2D eigenvalue weighted by molar-refractivity contribution is 8.19. The van der Waals surface area contributed by atoms with E-state index in [1.165, 1.54) is 24.5 Å². The maximum Gasteiger partial charge on any atom is 0.380 e. The first-order valence-electron chi connectivity index (χ1n) is 11.8. The number of aromatic nitrogens is 2. The van der Waals surface area contributed by atoms with Crippen molar-refractivity contribution in [3.8, 4) is 0 Å². The van der Waals surface area contributed by atoms with E-state index in [0.29, 0.717) is 0 Å². The number of alkyl halides is 6. The van der Waals surface area contributed by atoms with Gasteiger partial charge in [0.15, 0.2) is 0 Å². The number of fused-ring (bicyclic) bond motifs is 4. The normalized spacial score (nSPS) is 29.6. The lowest BCUT2D eigenvalue weighted by molar-refractivity contribution is -0.258. The summed E-state index contributed by atoms with van der Waals surface area (Å²) in [5, 5.41) is 0.0416. The smallest absolute Gasteiger partial charge is 0.354 e. The standard InChI is InChI=1S/C25H18F6N4O2S2/c1-3-36-23-17(34-19(38-23)13-9-5-7-11-32-13)15-16(22(28,29)25(30,31)21(15,26)27)18-24(23,37-4-2)39-20(35-18)14-10-6-8-12-33-14/h5-12H,3-4H2,1-2H3/t23-,24-/m1/s1. The van der Waals surface area contributed by atoms with Gasteiger partial charge in [-0.25, -0.2) is 9.98 Å². The minimum absolute atomic E-state index is 0.0208. The third-order valence-corrected chi connectivity index (χ3v) is 9.46. The molecule has 6 nitrogen and oxygen atoms in total. The number of hydrogen-bond acceptors (Lipinski definition) is 8. The number of allylic oxidation sites excluding steroid dienone is 2. The molecule has 2 atom stereocenters. The number of thioether (sulfide) groups is 2. The van der Waals surface area contributed by atoms with Gasteiger partial charge in [-0.3, -0.25) is 9.97 Å². The van der Waals surface area contributed by atoms with Crippen LogP contribution in [-0.4, -0.2) is 60.9 Å². The maximum atomic E-state index is 15.5. The van der Waals surface area contributed by atoms with E-state index in [1.54, 1.807) is 38.1 Å². The van der Waals surface area contributed by atoms with Gasteiger partial charge in [0.25, 0.3) is 0 Å². The summed E-state index contributed by atoms with van der Waals surface area (Å²) in [4.78, 5) is 12.7. The molecule has 0 radical (unpaired) electrons. The summed E-state index contributed by atoms with van der Waals surface area (Å²) < 4.78 is 104. The lowest BCUT2D eigenvalue weighted by Gasteiger charge is -2.47. The van der Waals surface area contributed by atoms with Crippen LogP contribution in [0.25, 0.3) is 0 Å². The Bertz CT molecular complexity index is 1370. The van der Waals surface area contributed by atoms with E-state index in [0.717, 1.165) is 23.5 Å². The predicted octanol–water partition coefficient (Wildman–Crippen LogP) is 6.07. The zero-order valence-corrected chi connectivity index (χ0v) is 21.9. The van der Waals surface area contributed by atoms with Gasteiger partial charge >= 0.3 is 17.8 Å². The average molecular weight is 585 g/mol. The molecule has 1 saturated carbocycles. The second kappa shape index (κ2) is 8.66. The van der Waals surface area contributed by atoms with Gasteiger partial charge in [0.2, 0.25) is 9.87 Å². The summed E-state index contributed by atoms with van der Waals surface area (Å²) in [7, 11) is 0. The van der Waals surface area contributed by atoms with Crippen molar-refractivity contribution in [2.45, 2.75) is 41.5 Å². The SMILES string of the molecule is CCO[C@@]12SC(c3ccccn3)=NC1=C1C(=C3N=C(c4ccccn4)S[C@]32OCC)C(F)(F)C(F)(F)C1(F)F. The number of aliphatic imine (C=N–C) groups is 2. The molecule has 0 spiro atoms. The van der Waals surface area contributed by atoms with E-state index in [1.807, 2.05) is 0 Å². The number of halogens is 6. The number of nitrogens with zero attached hydrogens (tertiary/aromatic N) is 4. The monoisotopic (exact) mass is 584 g/mol. The molecule has 2 aliphatic heterocycles. The van der Waals surface area contributed by atoms with Crippen LogP contribution in [0, 0.1) is 0 Å². The summed E-state index contributed by atoms with van der Waals surface area (Å²) in [5.41, 5.74) is -4.33. The maximum absolute atomic E-state index is 15.5. The van der Waals surface area contributed by atoms with Crippen LogP contribution in [0.15, 0.2) is 81.3 Å². The van der Waals surface area contributed by atoms with Crippen LogP contribution in [0.5, 0.6) is 0 Å². The van der Waals surface area contributed by atoms with Gasteiger partial charge in [-0.05, 0) is 38.1 Å². The Morgan fingerprint density at radius 1 is 0.667 bits per heavy atom. The molecule has 204 valence electrons. The van der Waals surface area contributed by atoms with Crippen molar-refractivity contribution in [2.75, 3.05) is 13.2 Å². The molecule has 0 bridgehead atoms. The van der Waals surface area contributed by atoms with Crippen molar-refractivity contribution < 1.29 is 35.8 Å². The summed E-state index contributed by atoms with van der Waals surface area (Å²) in [6.07, 6.45) is 2.86. The highest BCUT2D eigenvalue weighted by atomic mass is 32.2. The van der Waals surface area contributed by atoms with Crippen molar-refractivity contribution in [3.05, 3.63) is 82.7 Å². The molecule has 2 aliphatic carbocycles. The van der Waals surface area contributed by atoms with Crippen LogP contribution in [0.1, 0.15) is 25.2 Å². The van der Waals surface area contributed by atoms with Crippen LogP contribution < -0.4 is 0 Å². The number of hydrogen-bond donors (Lipinski definition) is 0. The minimum atomic E-state index is -5.77. The fourth-order valence-electron chi connectivity index (χ4n) is 5.00. The first kappa shape index (κ1) is 26.5. The Morgan fingerprint density at radius 2 is 1.08 bits per heavy atom. The van der Waals surface area contributed by atoms with Crippen molar-refractivity contribution in [1.29, 1.82) is 0 Å². The lowest BCUT2D eigenvalue weighted by atomic mass is 9.87. The van der Waals surface area contributed by atoms with Crippen LogP contribution >= 0.6 is 23.5 Å². The average Bonchev–Trinajstić information content (AvgIpc) is 3.52. The van der Waals surface area contributed by atoms with Crippen LogP contribution in [0.2, 0.25) is 0 Å². The van der Waals surface area contributed by atoms with E-state index in [-0.39, 0.29) is 34.7 Å².